The maximum atomic E-state index is 14.1. The molecule has 146 valence electrons. The van der Waals surface area contributed by atoms with Gasteiger partial charge >= 0.3 is 0 Å². The van der Waals surface area contributed by atoms with E-state index in [1.807, 2.05) is 12.1 Å². The number of hydrogen-bond donors (Lipinski definition) is 0. The standard InChI is InChI=1S/C24H26FNOS/c25-19-3-1-18(2-4-19)22-20-6-8-28-21(20)5-7-26(22)23(27)24-12-15-9-16(13-24)11-17(10-15)14-24/h1-4,6,8,15-17,22H,5,7,9-14H2. The van der Waals surface area contributed by atoms with Gasteiger partial charge in [-0.05, 0) is 97.4 Å². The van der Waals surface area contributed by atoms with Gasteiger partial charge in [0.1, 0.15) is 5.82 Å². The maximum Gasteiger partial charge on any atom is 0.229 e. The highest BCUT2D eigenvalue weighted by Gasteiger charge is 2.56. The quantitative estimate of drug-likeness (QED) is 0.650. The van der Waals surface area contributed by atoms with Crippen LogP contribution >= 0.6 is 11.3 Å². The monoisotopic (exact) mass is 395 g/mol. The van der Waals surface area contributed by atoms with Gasteiger partial charge in [0, 0.05) is 11.4 Å². The van der Waals surface area contributed by atoms with Crippen LogP contribution in [0.1, 0.15) is 60.6 Å². The number of hydrogen-bond acceptors (Lipinski definition) is 2. The molecule has 28 heavy (non-hydrogen) atoms. The molecule has 2 heterocycles. The van der Waals surface area contributed by atoms with Gasteiger partial charge < -0.3 is 4.90 Å². The van der Waals surface area contributed by atoms with E-state index in [1.165, 1.54) is 41.8 Å². The van der Waals surface area contributed by atoms with E-state index < -0.39 is 0 Å². The molecule has 7 rings (SSSR count). The van der Waals surface area contributed by atoms with E-state index in [0.29, 0.717) is 5.91 Å². The molecule has 5 aliphatic rings. The van der Waals surface area contributed by atoms with Crippen molar-refractivity contribution in [2.45, 2.75) is 51.0 Å². The highest BCUT2D eigenvalue weighted by Crippen LogP contribution is 2.61. The molecule has 1 amide bonds. The molecule has 1 aromatic carbocycles. The molecule has 4 fully saturated rings. The fraction of sp³-hybridized carbons (Fsp3) is 0.542. The van der Waals surface area contributed by atoms with Gasteiger partial charge in [-0.1, -0.05) is 12.1 Å². The smallest absolute Gasteiger partial charge is 0.229 e. The van der Waals surface area contributed by atoms with Crippen LogP contribution in [-0.2, 0) is 11.2 Å². The summed E-state index contributed by atoms with van der Waals surface area (Å²) in [5, 5.41) is 2.14. The number of thiophene rings is 1. The van der Waals surface area contributed by atoms with Crippen LogP contribution in [0.4, 0.5) is 4.39 Å². The van der Waals surface area contributed by atoms with E-state index >= 15 is 0 Å². The lowest BCUT2D eigenvalue weighted by Gasteiger charge is -2.57. The minimum Gasteiger partial charge on any atom is -0.331 e. The van der Waals surface area contributed by atoms with E-state index in [4.69, 9.17) is 0 Å². The zero-order chi connectivity index (χ0) is 18.9. The summed E-state index contributed by atoms with van der Waals surface area (Å²) in [6.07, 6.45) is 8.29. The lowest BCUT2D eigenvalue weighted by molar-refractivity contribution is -0.159. The van der Waals surface area contributed by atoms with Gasteiger partial charge in [0.25, 0.3) is 0 Å². The van der Waals surface area contributed by atoms with Gasteiger partial charge in [-0.2, -0.15) is 0 Å². The number of carbonyl (C=O) groups excluding carboxylic acids is 1. The van der Waals surface area contributed by atoms with Gasteiger partial charge in [-0.25, -0.2) is 4.39 Å². The number of carbonyl (C=O) groups is 1. The van der Waals surface area contributed by atoms with Crippen LogP contribution in [0.3, 0.4) is 0 Å². The van der Waals surface area contributed by atoms with Gasteiger partial charge in [-0.15, -0.1) is 11.3 Å². The summed E-state index contributed by atoms with van der Waals surface area (Å²) in [4.78, 5) is 17.6. The van der Waals surface area contributed by atoms with E-state index in [2.05, 4.69) is 16.3 Å². The van der Waals surface area contributed by atoms with Gasteiger partial charge in [0.05, 0.1) is 11.5 Å². The predicted octanol–water partition coefficient (Wildman–Crippen LogP) is 5.58. The summed E-state index contributed by atoms with van der Waals surface area (Å²) in [6, 6.07) is 8.91. The number of amides is 1. The second kappa shape index (κ2) is 6.16. The molecule has 0 radical (unpaired) electrons. The SMILES string of the molecule is O=C(N1CCc2sccc2C1c1ccc(F)cc1)C12CC3CC(CC(C3)C1)C2. The molecular formula is C24H26FNOS. The summed E-state index contributed by atoms with van der Waals surface area (Å²) in [7, 11) is 0. The highest BCUT2D eigenvalue weighted by molar-refractivity contribution is 7.10. The lowest BCUT2D eigenvalue weighted by atomic mass is 9.49. The molecule has 1 unspecified atom stereocenters. The normalized spacial score (nSPS) is 35.8. The zero-order valence-electron chi connectivity index (χ0n) is 16.1. The Morgan fingerprint density at radius 2 is 1.64 bits per heavy atom. The molecule has 2 nitrogen and oxygen atoms in total. The molecule has 2 aromatic rings. The van der Waals surface area contributed by atoms with Gasteiger partial charge in [0.2, 0.25) is 5.91 Å². The number of halogens is 1. The van der Waals surface area contributed by atoms with Crippen LogP contribution in [0.5, 0.6) is 0 Å². The molecule has 1 atom stereocenters. The number of benzene rings is 1. The maximum absolute atomic E-state index is 14.1. The fourth-order valence-electron chi connectivity index (χ4n) is 7.22. The van der Waals surface area contributed by atoms with Crippen molar-refractivity contribution in [1.29, 1.82) is 0 Å². The second-order valence-electron chi connectivity index (χ2n) is 9.70. The van der Waals surface area contributed by atoms with Crippen LogP contribution in [-0.4, -0.2) is 17.4 Å². The van der Waals surface area contributed by atoms with Crippen molar-refractivity contribution >= 4 is 17.2 Å². The molecular weight excluding hydrogens is 369 g/mol. The van der Waals surface area contributed by atoms with Crippen molar-refractivity contribution in [1.82, 2.24) is 4.90 Å². The topological polar surface area (TPSA) is 20.3 Å². The molecule has 4 saturated carbocycles. The minimum atomic E-state index is -0.218. The molecule has 1 aliphatic heterocycles. The summed E-state index contributed by atoms with van der Waals surface area (Å²) in [5.41, 5.74) is 2.17. The zero-order valence-corrected chi connectivity index (χ0v) is 16.9. The average molecular weight is 396 g/mol. The third-order valence-electron chi connectivity index (χ3n) is 7.90. The van der Waals surface area contributed by atoms with Crippen molar-refractivity contribution in [2.75, 3.05) is 6.54 Å². The molecule has 4 heteroatoms. The first kappa shape index (κ1) is 17.2. The van der Waals surface area contributed by atoms with E-state index in [-0.39, 0.29) is 17.3 Å². The Hall–Kier alpha value is -1.68. The van der Waals surface area contributed by atoms with Crippen LogP contribution < -0.4 is 0 Å². The Labute approximate surface area is 169 Å². The van der Waals surface area contributed by atoms with Crippen molar-refractivity contribution in [3.63, 3.8) is 0 Å². The number of rotatable bonds is 2. The fourth-order valence-corrected chi connectivity index (χ4v) is 8.12. The van der Waals surface area contributed by atoms with Crippen LogP contribution in [0.25, 0.3) is 0 Å². The summed E-state index contributed by atoms with van der Waals surface area (Å²) >= 11 is 1.79. The second-order valence-corrected chi connectivity index (χ2v) is 10.7. The molecule has 1 aromatic heterocycles. The Morgan fingerprint density at radius 1 is 1.00 bits per heavy atom. The first-order valence-corrected chi connectivity index (χ1v) is 11.6. The molecule has 0 spiro atoms. The summed E-state index contributed by atoms with van der Waals surface area (Å²) in [5.74, 6) is 2.46. The first-order valence-electron chi connectivity index (χ1n) is 10.7. The van der Waals surface area contributed by atoms with Gasteiger partial charge in [0.15, 0.2) is 0 Å². The van der Waals surface area contributed by atoms with Crippen molar-refractivity contribution in [3.8, 4) is 0 Å². The predicted molar refractivity (Wildman–Crippen MR) is 109 cm³/mol. The first-order chi connectivity index (χ1) is 13.6. The van der Waals surface area contributed by atoms with E-state index in [0.717, 1.165) is 55.5 Å². The third-order valence-corrected chi connectivity index (χ3v) is 8.90. The molecule has 0 N–H and O–H groups in total. The molecule has 4 bridgehead atoms. The lowest BCUT2D eigenvalue weighted by Crippen LogP contribution is -2.56. The Balaban J connectivity index is 1.40. The van der Waals surface area contributed by atoms with Crippen molar-refractivity contribution < 1.29 is 9.18 Å². The average Bonchev–Trinajstić information content (AvgIpc) is 3.15. The van der Waals surface area contributed by atoms with Gasteiger partial charge in [-0.3, -0.25) is 4.79 Å². The van der Waals surface area contributed by atoms with E-state index in [9.17, 15) is 9.18 Å². The van der Waals surface area contributed by atoms with Crippen molar-refractivity contribution in [3.05, 3.63) is 57.5 Å². The van der Waals surface area contributed by atoms with Crippen LogP contribution in [0.2, 0.25) is 0 Å². The largest absolute Gasteiger partial charge is 0.331 e. The highest BCUT2D eigenvalue weighted by atomic mass is 32.1. The Kier molecular flexibility index (Phi) is 3.78. The Morgan fingerprint density at radius 3 is 2.29 bits per heavy atom. The van der Waals surface area contributed by atoms with E-state index in [1.54, 1.807) is 11.3 Å². The third kappa shape index (κ3) is 2.53. The molecule has 0 saturated heterocycles. The summed E-state index contributed by atoms with van der Waals surface area (Å²) in [6.45, 7) is 0.788. The minimum absolute atomic E-state index is 0.0592. The number of nitrogens with zero attached hydrogens (tertiary/aromatic N) is 1. The number of fused-ring (bicyclic) bond motifs is 1. The van der Waals surface area contributed by atoms with Crippen LogP contribution in [0.15, 0.2) is 35.7 Å². The molecule has 4 aliphatic carbocycles. The summed E-state index contributed by atoms with van der Waals surface area (Å²) < 4.78 is 13.6. The van der Waals surface area contributed by atoms with Crippen molar-refractivity contribution in [2.24, 2.45) is 23.2 Å². The van der Waals surface area contributed by atoms with Crippen LogP contribution in [0, 0.1) is 29.0 Å². The Bertz CT molecular complexity index is 882.